The summed E-state index contributed by atoms with van der Waals surface area (Å²) in [6, 6.07) is 21.2. The van der Waals surface area contributed by atoms with Gasteiger partial charge in [0.2, 0.25) is 0 Å². The maximum atomic E-state index is 3.93. The van der Waals surface area contributed by atoms with Gasteiger partial charge in [-0.2, -0.15) is 0 Å². The van der Waals surface area contributed by atoms with Crippen LogP contribution in [0.3, 0.4) is 0 Å². The Kier molecular flexibility index (Phi) is 3.98. The first-order valence-electron chi connectivity index (χ1n) is 4.61. The fourth-order valence-corrected chi connectivity index (χ4v) is 15.1. The molecular weight excluding hydrogens is 513 g/mol. The van der Waals surface area contributed by atoms with Crippen LogP contribution in [0.1, 0.15) is 0 Å². The van der Waals surface area contributed by atoms with Crippen LogP contribution in [0.2, 0.25) is 0 Å². The van der Waals surface area contributed by atoms with Gasteiger partial charge in [-0.3, -0.25) is 0 Å². The Balaban J connectivity index is 2.44. The molecule has 0 spiro atoms. The molecule has 2 aromatic carbocycles. The van der Waals surface area contributed by atoms with E-state index in [0.29, 0.717) is 0 Å². The van der Waals surface area contributed by atoms with Crippen molar-refractivity contribution in [1.82, 2.24) is 0 Å². The van der Waals surface area contributed by atoms with Gasteiger partial charge in [-0.15, -0.1) is 0 Å². The van der Waals surface area contributed by atoms with Crippen LogP contribution in [0.15, 0.2) is 60.7 Å². The molecule has 0 heterocycles. The molecule has 15 heavy (non-hydrogen) atoms. The van der Waals surface area contributed by atoms with Gasteiger partial charge in [0.25, 0.3) is 0 Å². The first kappa shape index (κ1) is 11.8. The summed E-state index contributed by atoms with van der Waals surface area (Å²) < 4.78 is 2.81. The van der Waals surface area contributed by atoms with Gasteiger partial charge in [0.1, 0.15) is 0 Å². The number of rotatable bonds is 2. The summed E-state index contributed by atoms with van der Waals surface area (Å²) in [4.78, 5) is 0. The van der Waals surface area contributed by atoms with E-state index in [1.54, 1.807) is 0 Å². The molecule has 2 rings (SSSR count). The quantitative estimate of drug-likeness (QED) is 0.532. The van der Waals surface area contributed by atoms with Crippen LogP contribution in [0.4, 0.5) is 0 Å². The third-order valence-corrected chi connectivity index (χ3v) is 23.9. The molecule has 77 valence electrons. The zero-order valence-corrected chi connectivity index (χ0v) is 14.6. The second kappa shape index (κ2) is 5.08. The van der Waals surface area contributed by atoms with Crippen molar-refractivity contribution in [3.8, 4) is 0 Å². The second-order valence-electron chi connectivity index (χ2n) is 3.18. The van der Waals surface area contributed by atoms with Crippen molar-refractivity contribution >= 4 is 46.5 Å². The van der Waals surface area contributed by atoms with Crippen molar-refractivity contribution in [3.63, 3.8) is 0 Å². The van der Waals surface area contributed by atoms with Crippen molar-refractivity contribution in [1.29, 1.82) is 0 Å². The van der Waals surface area contributed by atoms with E-state index in [4.69, 9.17) is 0 Å². The van der Waals surface area contributed by atoms with Gasteiger partial charge in [-0.25, -0.2) is 0 Å². The number of hydrogen-bond acceptors (Lipinski definition) is 0. The Morgan fingerprint density at radius 1 is 0.600 bits per heavy atom. The van der Waals surface area contributed by atoms with E-state index in [0.717, 1.165) is 0 Å². The van der Waals surface area contributed by atoms with Gasteiger partial charge in [0.05, 0.1) is 0 Å². The standard InChI is InChI=1S/2C6H5.Bi.2BrH/c2*1-2-4-6-5-3-1;;;/h2*1-5H;;2*1H/q;;+2;;/p-2. The summed E-state index contributed by atoms with van der Waals surface area (Å²) in [5.74, 6) is 0. The Labute approximate surface area is 106 Å². The summed E-state index contributed by atoms with van der Waals surface area (Å²) in [7, 11) is 0. The van der Waals surface area contributed by atoms with Crippen molar-refractivity contribution < 1.29 is 0 Å². The van der Waals surface area contributed by atoms with E-state index in [2.05, 4.69) is 85.1 Å². The Morgan fingerprint density at radius 3 is 1.27 bits per heavy atom. The maximum absolute atomic E-state index is 3.93. The molecule has 0 fully saturated rings. The summed E-state index contributed by atoms with van der Waals surface area (Å²) in [5.41, 5.74) is 0. The van der Waals surface area contributed by atoms with Crippen molar-refractivity contribution in [2.24, 2.45) is 0 Å². The van der Waals surface area contributed by atoms with E-state index in [-0.39, 0.29) is 0 Å². The van der Waals surface area contributed by atoms with Gasteiger partial charge in [0, 0.05) is 0 Å². The van der Waals surface area contributed by atoms with Crippen LogP contribution < -0.4 is 6.54 Å². The molecule has 1 radical (unpaired) electrons. The van der Waals surface area contributed by atoms with Gasteiger partial charge < -0.3 is 0 Å². The summed E-state index contributed by atoms with van der Waals surface area (Å²) >= 11 is 5.18. The SMILES string of the molecule is [Br][Bi]([Br])([c]1ccccc1)[c]1ccccc1. The Hall–Kier alpha value is 0.283. The van der Waals surface area contributed by atoms with E-state index in [1.807, 2.05) is 0 Å². The Morgan fingerprint density at radius 2 is 0.933 bits per heavy atom. The molecule has 0 unspecified atom stereocenters. The first-order valence-corrected chi connectivity index (χ1v) is 23.2. The molecule has 0 N–H and O–H groups in total. The molecule has 0 saturated carbocycles. The molecule has 0 nitrogen and oxygen atoms in total. The predicted octanol–water partition coefficient (Wildman–Crippen LogP) is 3.03. The van der Waals surface area contributed by atoms with Crippen LogP contribution >= 0.6 is 24.4 Å². The van der Waals surface area contributed by atoms with Crippen LogP contribution in [-0.4, -0.2) is 15.6 Å². The average molecular weight is 523 g/mol. The van der Waals surface area contributed by atoms with Crippen LogP contribution in [-0.2, 0) is 0 Å². The molecular formula is C12H10BiBr2. The van der Waals surface area contributed by atoms with Crippen molar-refractivity contribution in [3.05, 3.63) is 60.7 Å². The van der Waals surface area contributed by atoms with Crippen LogP contribution in [0.5, 0.6) is 0 Å². The molecule has 0 atom stereocenters. The number of halogens is 2. The molecule has 2 aromatic rings. The third kappa shape index (κ3) is 2.69. The number of benzene rings is 2. The third-order valence-electron chi connectivity index (χ3n) is 2.16. The van der Waals surface area contributed by atoms with Crippen molar-refractivity contribution in [2.75, 3.05) is 0 Å². The normalized spacial score (nSPS) is 11.3. The van der Waals surface area contributed by atoms with Gasteiger partial charge in [-0.05, 0) is 0 Å². The molecule has 0 aromatic heterocycles. The first-order chi connectivity index (χ1) is 7.21. The molecule has 0 aliphatic rings. The van der Waals surface area contributed by atoms with Gasteiger partial charge in [-0.1, -0.05) is 0 Å². The predicted molar refractivity (Wildman–Crippen MR) is 75.8 cm³/mol. The van der Waals surface area contributed by atoms with Gasteiger partial charge >= 0.3 is 107 Å². The topological polar surface area (TPSA) is 0 Å². The molecule has 0 saturated heterocycles. The molecule has 0 aliphatic carbocycles. The zero-order chi connectivity index (χ0) is 10.7. The van der Waals surface area contributed by atoms with Crippen LogP contribution in [0, 0.1) is 0 Å². The minimum atomic E-state index is -2.68. The van der Waals surface area contributed by atoms with Crippen LogP contribution in [0.25, 0.3) is 0 Å². The summed E-state index contributed by atoms with van der Waals surface area (Å²) in [6.07, 6.45) is 0. The second-order valence-corrected chi connectivity index (χ2v) is 38.2. The van der Waals surface area contributed by atoms with E-state index < -0.39 is 15.6 Å². The minimum absolute atomic E-state index is 1.41. The summed E-state index contributed by atoms with van der Waals surface area (Å²) in [6.45, 7) is 0. The molecule has 0 aliphatic heterocycles. The van der Waals surface area contributed by atoms with Gasteiger partial charge in [0.15, 0.2) is 0 Å². The van der Waals surface area contributed by atoms with E-state index in [9.17, 15) is 0 Å². The fourth-order valence-electron chi connectivity index (χ4n) is 1.38. The number of hydrogen-bond donors (Lipinski definition) is 0. The Bertz CT molecular complexity index is 384. The molecule has 0 bridgehead atoms. The molecule has 0 amide bonds. The van der Waals surface area contributed by atoms with E-state index in [1.165, 1.54) is 6.54 Å². The monoisotopic (exact) mass is 521 g/mol. The fraction of sp³-hybridized carbons (Fsp3) is 0. The summed E-state index contributed by atoms with van der Waals surface area (Å²) in [5, 5.41) is 0. The molecule has 3 heteroatoms. The van der Waals surface area contributed by atoms with E-state index >= 15 is 0 Å². The average Bonchev–Trinajstić information content (AvgIpc) is 2.31. The van der Waals surface area contributed by atoms with Crippen molar-refractivity contribution in [2.45, 2.75) is 0 Å². The zero-order valence-electron chi connectivity index (χ0n) is 7.98.